The fraction of sp³-hybridized carbons (Fsp3) is 0.923. The molecule has 0 aromatic rings. The van der Waals surface area contributed by atoms with Crippen LogP contribution in [0.4, 0.5) is 0 Å². The van der Waals surface area contributed by atoms with Crippen molar-refractivity contribution < 1.29 is 14.3 Å². The first-order valence-electron chi connectivity index (χ1n) is 12.3. The van der Waals surface area contributed by atoms with Gasteiger partial charge in [0.05, 0.1) is 5.41 Å². The van der Waals surface area contributed by atoms with E-state index in [1.165, 1.54) is 32.1 Å². The summed E-state index contributed by atoms with van der Waals surface area (Å²) >= 11 is 0. The second-order valence-electron chi connectivity index (χ2n) is 12.7. The Labute approximate surface area is 176 Å². The van der Waals surface area contributed by atoms with Gasteiger partial charge in [0.1, 0.15) is 11.4 Å². The Morgan fingerprint density at radius 1 is 0.897 bits per heavy atom. The molecule has 0 amide bonds. The van der Waals surface area contributed by atoms with Gasteiger partial charge in [-0.15, -0.1) is 0 Å². The molecule has 5 rings (SSSR count). The Morgan fingerprint density at radius 3 is 2.38 bits per heavy atom. The van der Waals surface area contributed by atoms with Crippen molar-refractivity contribution in [3.8, 4) is 0 Å². The summed E-state index contributed by atoms with van der Waals surface area (Å²) in [5.74, 6) is 3.75. The van der Waals surface area contributed by atoms with E-state index in [0.717, 1.165) is 43.9 Å². The lowest BCUT2D eigenvalue weighted by atomic mass is 9.43. The van der Waals surface area contributed by atoms with Crippen LogP contribution in [0.1, 0.15) is 98.8 Å². The summed E-state index contributed by atoms with van der Waals surface area (Å²) in [5, 5.41) is 0. The highest BCUT2D eigenvalue weighted by atomic mass is 16.6. The third kappa shape index (κ3) is 2.48. The number of ketones is 1. The molecular weight excluding hydrogens is 360 g/mol. The summed E-state index contributed by atoms with van der Waals surface area (Å²) in [4.78, 5) is 25.1. The summed E-state index contributed by atoms with van der Waals surface area (Å²) in [6.07, 6.45) is 10.9. The average molecular weight is 401 g/mol. The summed E-state index contributed by atoms with van der Waals surface area (Å²) < 4.78 is 6.48. The predicted molar refractivity (Wildman–Crippen MR) is 113 cm³/mol. The SMILES string of the molecule is C[C@@H]1CC(C)(C)C(=O)O[C@@]12CC[C@H]1[C@@H]3CC[C@@H]4CC(=O)CC[C@]4(C)[C@H]3CC[C@@]12C. The highest BCUT2D eigenvalue weighted by Crippen LogP contribution is 2.71. The van der Waals surface area contributed by atoms with E-state index in [1.807, 2.05) is 0 Å². The van der Waals surface area contributed by atoms with Crippen molar-refractivity contribution in [3.05, 3.63) is 0 Å². The molecule has 3 heteroatoms. The summed E-state index contributed by atoms with van der Waals surface area (Å²) in [6, 6.07) is 0. The topological polar surface area (TPSA) is 43.4 Å². The number of esters is 1. The Hall–Kier alpha value is -0.860. The van der Waals surface area contributed by atoms with Gasteiger partial charge < -0.3 is 4.74 Å². The van der Waals surface area contributed by atoms with E-state index in [0.29, 0.717) is 29.0 Å². The second kappa shape index (κ2) is 6.10. The highest BCUT2D eigenvalue weighted by Gasteiger charge is 2.69. The van der Waals surface area contributed by atoms with E-state index in [-0.39, 0.29) is 22.4 Å². The van der Waals surface area contributed by atoms with Crippen LogP contribution in [-0.2, 0) is 14.3 Å². The van der Waals surface area contributed by atoms with Crippen molar-refractivity contribution in [3.63, 3.8) is 0 Å². The van der Waals surface area contributed by atoms with Crippen molar-refractivity contribution in [2.24, 2.45) is 45.8 Å². The average Bonchev–Trinajstić information content (AvgIpc) is 2.94. The van der Waals surface area contributed by atoms with Gasteiger partial charge >= 0.3 is 5.97 Å². The zero-order valence-corrected chi connectivity index (χ0v) is 19.2. The van der Waals surface area contributed by atoms with Crippen LogP contribution in [0.3, 0.4) is 0 Å². The maximum absolute atomic E-state index is 12.9. The smallest absolute Gasteiger partial charge is 0.312 e. The van der Waals surface area contributed by atoms with Crippen LogP contribution in [0, 0.1) is 45.8 Å². The van der Waals surface area contributed by atoms with Crippen molar-refractivity contribution in [2.75, 3.05) is 0 Å². The molecule has 5 aliphatic rings. The van der Waals surface area contributed by atoms with Crippen LogP contribution < -0.4 is 0 Å². The van der Waals surface area contributed by atoms with E-state index in [2.05, 4.69) is 34.6 Å². The fourth-order valence-electron chi connectivity index (χ4n) is 9.47. The number of carbonyl (C=O) groups is 2. The maximum atomic E-state index is 12.9. The molecule has 5 fully saturated rings. The largest absolute Gasteiger partial charge is 0.458 e. The summed E-state index contributed by atoms with van der Waals surface area (Å²) in [5.41, 5.74) is -0.135. The van der Waals surface area contributed by atoms with E-state index in [1.54, 1.807) is 0 Å². The first-order chi connectivity index (χ1) is 13.5. The number of carbonyl (C=O) groups excluding carboxylic acids is 2. The second-order valence-corrected chi connectivity index (χ2v) is 12.7. The Kier molecular flexibility index (Phi) is 4.22. The van der Waals surface area contributed by atoms with Crippen molar-refractivity contribution in [1.82, 2.24) is 0 Å². The van der Waals surface area contributed by atoms with Gasteiger partial charge in [-0.25, -0.2) is 0 Å². The standard InChI is InChI=1S/C26H40O3/c1-16-15-23(2,3)22(28)29-26(16)13-10-21-19-7-6-17-14-18(27)8-11-24(17,4)20(19)9-12-25(21,26)5/h16-17,19-21H,6-15H2,1-5H3/t16-,17-,19-,20+,21+,24+,25+,26+/m1/s1. The minimum Gasteiger partial charge on any atom is -0.458 e. The van der Waals surface area contributed by atoms with E-state index in [4.69, 9.17) is 4.74 Å². The van der Waals surface area contributed by atoms with Crippen LogP contribution in [0.15, 0.2) is 0 Å². The van der Waals surface area contributed by atoms with E-state index < -0.39 is 0 Å². The van der Waals surface area contributed by atoms with E-state index >= 15 is 0 Å². The predicted octanol–water partition coefficient (Wildman–Crippen LogP) is 5.95. The lowest BCUT2D eigenvalue weighted by Gasteiger charge is -2.62. The van der Waals surface area contributed by atoms with Crippen molar-refractivity contribution >= 4 is 11.8 Å². The molecule has 0 bridgehead atoms. The molecule has 162 valence electrons. The van der Waals surface area contributed by atoms with Crippen LogP contribution in [0.25, 0.3) is 0 Å². The zero-order chi connectivity index (χ0) is 20.8. The first kappa shape index (κ1) is 20.1. The number of hydrogen-bond acceptors (Lipinski definition) is 3. The van der Waals surface area contributed by atoms with Crippen LogP contribution in [0.2, 0.25) is 0 Å². The monoisotopic (exact) mass is 400 g/mol. The number of fused-ring (bicyclic) bond motifs is 6. The molecule has 1 spiro atoms. The van der Waals surface area contributed by atoms with Gasteiger partial charge in [-0.1, -0.05) is 20.8 Å². The molecule has 8 atom stereocenters. The molecule has 1 aliphatic heterocycles. The first-order valence-corrected chi connectivity index (χ1v) is 12.3. The minimum atomic E-state index is -0.351. The summed E-state index contributed by atoms with van der Waals surface area (Å²) in [6.45, 7) is 11.4. The Morgan fingerprint density at radius 2 is 1.62 bits per heavy atom. The van der Waals surface area contributed by atoms with Gasteiger partial charge in [-0.2, -0.15) is 0 Å². The fourth-order valence-corrected chi connectivity index (χ4v) is 9.47. The third-order valence-corrected chi connectivity index (χ3v) is 11.1. The van der Waals surface area contributed by atoms with Crippen molar-refractivity contribution in [1.29, 1.82) is 0 Å². The zero-order valence-electron chi connectivity index (χ0n) is 19.2. The molecule has 1 heterocycles. The van der Waals surface area contributed by atoms with Gasteiger partial charge in [0.2, 0.25) is 0 Å². The molecule has 0 aromatic carbocycles. The van der Waals surface area contributed by atoms with E-state index in [9.17, 15) is 9.59 Å². The van der Waals surface area contributed by atoms with Gasteiger partial charge in [-0.05, 0) is 100 Å². The molecular formula is C26H40O3. The minimum absolute atomic E-state index is 0.0288. The molecule has 0 radical (unpaired) electrons. The van der Waals surface area contributed by atoms with Crippen LogP contribution in [-0.4, -0.2) is 17.4 Å². The number of rotatable bonds is 0. The molecule has 0 aromatic heterocycles. The molecule has 0 N–H and O–H groups in total. The molecule has 4 aliphatic carbocycles. The third-order valence-electron chi connectivity index (χ3n) is 11.1. The quantitative estimate of drug-likeness (QED) is 0.472. The van der Waals surface area contributed by atoms with Gasteiger partial charge in [0.15, 0.2) is 0 Å². The van der Waals surface area contributed by atoms with Crippen LogP contribution >= 0.6 is 0 Å². The molecule has 29 heavy (non-hydrogen) atoms. The van der Waals surface area contributed by atoms with Gasteiger partial charge in [0.25, 0.3) is 0 Å². The molecule has 0 unspecified atom stereocenters. The normalized spacial score (nSPS) is 53.8. The molecule has 1 saturated heterocycles. The Balaban J connectivity index is 1.46. The maximum Gasteiger partial charge on any atom is 0.312 e. The lowest BCUT2D eigenvalue weighted by Crippen LogP contribution is -2.62. The molecule has 3 nitrogen and oxygen atoms in total. The molecule has 4 saturated carbocycles. The summed E-state index contributed by atoms with van der Waals surface area (Å²) in [7, 11) is 0. The number of hydrogen-bond donors (Lipinski definition) is 0. The highest BCUT2D eigenvalue weighted by molar-refractivity contribution is 5.79. The number of Topliss-reactive ketones (excluding diaryl/α,β-unsaturated/α-hetero) is 1. The van der Waals surface area contributed by atoms with Crippen LogP contribution in [0.5, 0.6) is 0 Å². The van der Waals surface area contributed by atoms with Gasteiger partial charge in [0, 0.05) is 18.3 Å². The van der Waals surface area contributed by atoms with Crippen molar-refractivity contribution in [2.45, 2.75) is 104 Å². The van der Waals surface area contributed by atoms with Gasteiger partial charge in [-0.3, -0.25) is 9.59 Å². The Bertz CT molecular complexity index is 740. The lowest BCUT2D eigenvalue weighted by molar-refractivity contribution is -0.227. The number of ether oxygens (including phenoxy) is 1.